The zero-order chi connectivity index (χ0) is 14.6. The number of benzene rings is 1. The Kier molecular flexibility index (Phi) is 5.88. The molecule has 0 spiro atoms. The van der Waals surface area contributed by atoms with Gasteiger partial charge in [-0.15, -0.1) is 0 Å². The van der Waals surface area contributed by atoms with Gasteiger partial charge >= 0.3 is 6.18 Å². The fourth-order valence-electron chi connectivity index (χ4n) is 1.35. The number of rotatable bonds is 5. The van der Waals surface area contributed by atoms with Crippen LogP contribution in [0.3, 0.4) is 0 Å². The molecule has 19 heavy (non-hydrogen) atoms. The molecule has 0 aliphatic carbocycles. The van der Waals surface area contributed by atoms with Crippen LogP contribution in [0, 0.1) is 0 Å². The van der Waals surface area contributed by atoms with Crippen molar-refractivity contribution in [2.75, 3.05) is 13.1 Å². The van der Waals surface area contributed by atoms with Gasteiger partial charge in [0.25, 0.3) is 0 Å². The topological polar surface area (TPSA) is 52.5 Å². The van der Waals surface area contributed by atoms with E-state index in [-0.39, 0.29) is 11.6 Å². The molecule has 0 saturated heterocycles. The molecule has 0 amide bonds. The smallest absolute Gasteiger partial charge is 0.387 e. The van der Waals surface area contributed by atoms with Crippen molar-refractivity contribution in [1.29, 1.82) is 0 Å². The van der Waals surface area contributed by atoms with E-state index in [1.54, 1.807) is 0 Å². The van der Waals surface area contributed by atoms with Gasteiger partial charge in [-0.1, -0.05) is 23.2 Å². The van der Waals surface area contributed by atoms with E-state index >= 15 is 0 Å². The van der Waals surface area contributed by atoms with Gasteiger partial charge in [-0.25, -0.2) is 0 Å². The van der Waals surface area contributed by atoms with Crippen molar-refractivity contribution in [3.63, 3.8) is 0 Å². The average Bonchev–Trinajstić information content (AvgIpc) is 2.30. The number of halogens is 5. The fraction of sp³-hybridized carbons (Fsp3) is 0.455. The van der Waals surface area contributed by atoms with Crippen molar-refractivity contribution in [3.8, 4) is 0 Å². The Morgan fingerprint density at radius 2 is 1.79 bits per heavy atom. The summed E-state index contributed by atoms with van der Waals surface area (Å²) in [6, 6.07) is 4.43. The molecule has 0 heterocycles. The lowest BCUT2D eigenvalue weighted by Gasteiger charge is -2.17. The summed E-state index contributed by atoms with van der Waals surface area (Å²) >= 11 is 11.6. The van der Waals surface area contributed by atoms with Crippen LogP contribution in [-0.4, -0.2) is 35.6 Å². The first-order valence-electron chi connectivity index (χ1n) is 5.30. The van der Waals surface area contributed by atoms with E-state index in [0.717, 1.165) is 0 Å². The van der Waals surface area contributed by atoms with Crippen LogP contribution >= 0.6 is 23.2 Å². The first-order valence-corrected chi connectivity index (χ1v) is 6.06. The highest BCUT2D eigenvalue weighted by atomic mass is 35.5. The largest absolute Gasteiger partial charge is 0.415 e. The van der Waals surface area contributed by atoms with Gasteiger partial charge in [-0.3, -0.25) is 0 Å². The third-order valence-electron chi connectivity index (χ3n) is 2.37. The lowest BCUT2D eigenvalue weighted by molar-refractivity contribution is -0.202. The van der Waals surface area contributed by atoms with E-state index in [9.17, 15) is 18.3 Å². The van der Waals surface area contributed by atoms with Crippen LogP contribution in [0.2, 0.25) is 10.0 Å². The minimum atomic E-state index is -4.69. The van der Waals surface area contributed by atoms with Crippen molar-refractivity contribution in [3.05, 3.63) is 33.8 Å². The number of alkyl halides is 3. The molecule has 8 heteroatoms. The summed E-state index contributed by atoms with van der Waals surface area (Å²) in [7, 11) is 0. The zero-order valence-electron chi connectivity index (χ0n) is 9.59. The maximum atomic E-state index is 12.0. The number of hydrogen-bond acceptors (Lipinski definition) is 3. The first kappa shape index (κ1) is 16.5. The number of nitrogens with one attached hydrogen (secondary N) is 1. The molecule has 2 unspecified atom stereocenters. The van der Waals surface area contributed by atoms with Crippen LogP contribution < -0.4 is 5.32 Å². The summed E-state index contributed by atoms with van der Waals surface area (Å²) in [5.41, 5.74) is 0.308. The summed E-state index contributed by atoms with van der Waals surface area (Å²) in [5, 5.41) is 21.5. The zero-order valence-corrected chi connectivity index (χ0v) is 11.1. The second-order valence-corrected chi connectivity index (χ2v) is 4.74. The van der Waals surface area contributed by atoms with Crippen LogP contribution in [0.25, 0.3) is 0 Å². The van der Waals surface area contributed by atoms with Gasteiger partial charge in [0.15, 0.2) is 6.10 Å². The molecule has 0 radical (unpaired) electrons. The Labute approximate surface area is 117 Å². The van der Waals surface area contributed by atoms with Gasteiger partial charge in [0, 0.05) is 28.7 Å². The van der Waals surface area contributed by atoms with Crippen LogP contribution in [0.5, 0.6) is 0 Å². The van der Waals surface area contributed by atoms with E-state index in [1.807, 2.05) is 0 Å². The van der Waals surface area contributed by atoms with Crippen LogP contribution in [0.1, 0.15) is 11.7 Å². The highest BCUT2D eigenvalue weighted by Gasteiger charge is 2.37. The van der Waals surface area contributed by atoms with E-state index in [0.29, 0.717) is 10.6 Å². The van der Waals surface area contributed by atoms with E-state index in [2.05, 4.69) is 5.32 Å². The second-order valence-electron chi connectivity index (χ2n) is 3.90. The Balaban J connectivity index is 2.52. The van der Waals surface area contributed by atoms with Crippen molar-refractivity contribution in [2.45, 2.75) is 18.4 Å². The quantitative estimate of drug-likeness (QED) is 0.782. The molecule has 3 N–H and O–H groups in total. The maximum absolute atomic E-state index is 12.0. The summed E-state index contributed by atoms with van der Waals surface area (Å²) in [6.45, 7) is -0.897. The summed E-state index contributed by atoms with van der Waals surface area (Å²) in [4.78, 5) is 0. The van der Waals surface area contributed by atoms with Gasteiger partial charge in [0.1, 0.15) is 0 Å². The molecular formula is C11H12Cl2F3NO2. The molecular weight excluding hydrogens is 306 g/mol. The SMILES string of the molecule is OC(CNCC(O)C(F)(F)F)c1cc(Cl)ccc1Cl. The summed E-state index contributed by atoms with van der Waals surface area (Å²) < 4.78 is 36.1. The number of aliphatic hydroxyl groups excluding tert-OH is 2. The maximum Gasteiger partial charge on any atom is 0.415 e. The summed E-state index contributed by atoms with van der Waals surface area (Å²) in [6.07, 6.45) is -8.28. The molecule has 0 saturated carbocycles. The van der Waals surface area contributed by atoms with Gasteiger partial charge in [0.2, 0.25) is 0 Å². The standard InChI is InChI=1S/C11H12Cl2F3NO2/c12-6-1-2-8(13)7(3-6)9(18)4-17-5-10(19)11(14,15)16/h1-3,9-10,17-19H,4-5H2. The highest BCUT2D eigenvalue weighted by Crippen LogP contribution is 2.26. The second kappa shape index (κ2) is 6.76. The fourth-order valence-corrected chi connectivity index (χ4v) is 1.78. The Morgan fingerprint density at radius 1 is 1.16 bits per heavy atom. The van der Waals surface area contributed by atoms with Crippen molar-refractivity contribution in [1.82, 2.24) is 5.32 Å². The lowest BCUT2D eigenvalue weighted by Crippen LogP contribution is -2.39. The Bertz CT molecular complexity index is 429. The molecule has 0 bridgehead atoms. The van der Waals surface area contributed by atoms with E-state index < -0.39 is 24.9 Å². The summed E-state index contributed by atoms with van der Waals surface area (Å²) in [5.74, 6) is 0. The Morgan fingerprint density at radius 3 is 2.37 bits per heavy atom. The van der Waals surface area contributed by atoms with Gasteiger partial charge in [0.05, 0.1) is 6.10 Å². The predicted molar refractivity (Wildman–Crippen MR) is 66.4 cm³/mol. The molecule has 0 aliphatic rings. The van der Waals surface area contributed by atoms with E-state index in [1.165, 1.54) is 18.2 Å². The Hall–Kier alpha value is -0.530. The minimum Gasteiger partial charge on any atom is -0.387 e. The highest BCUT2D eigenvalue weighted by molar-refractivity contribution is 6.33. The molecule has 1 aromatic carbocycles. The average molecular weight is 318 g/mol. The van der Waals surface area contributed by atoms with Gasteiger partial charge in [-0.05, 0) is 18.2 Å². The molecule has 2 atom stereocenters. The van der Waals surface area contributed by atoms with Crippen LogP contribution in [0.15, 0.2) is 18.2 Å². The third-order valence-corrected chi connectivity index (χ3v) is 2.95. The van der Waals surface area contributed by atoms with Crippen LogP contribution in [-0.2, 0) is 0 Å². The monoisotopic (exact) mass is 317 g/mol. The molecule has 3 nitrogen and oxygen atoms in total. The van der Waals surface area contributed by atoms with E-state index in [4.69, 9.17) is 28.3 Å². The van der Waals surface area contributed by atoms with Crippen molar-refractivity contribution >= 4 is 23.2 Å². The lowest BCUT2D eigenvalue weighted by atomic mass is 10.1. The molecule has 108 valence electrons. The third kappa shape index (κ3) is 5.16. The van der Waals surface area contributed by atoms with Crippen LogP contribution in [0.4, 0.5) is 13.2 Å². The minimum absolute atomic E-state index is 0.187. The molecule has 1 rings (SSSR count). The van der Waals surface area contributed by atoms with Gasteiger partial charge in [-0.2, -0.15) is 13.2 Å². The van der Waals surface area contributed by atoms with Gasteiger partial charge < -0.3 is 15.5 Å². The number of hydrogen-bond donors (Lipinski definition) is 3. The van der Waals surface area contributed by atoms with Crippen molar-refractivity contribution in [2.24, 2.45) is 0 Å². The molecule has 0 aromatic heterocycles. The molecule has 0 fully saturated rings. The molecule has 1 aromatic rings. The predicted octanol–water partition coefficient (Wildman–Crippen LogP) is 2.54. The van der Waals surface area contributed by atoms with Crippen molar-refractivity contribution < 1.29 is 23.4 Å². The normalized spacial score (nSPS) is 15.3. The first-order chi connectivity index (χ1) is 8.71. The number of aliphatic hydroxyl groups is 2. The molecule has 0 aliphatic heterocycles.